The molecule has 1 aromatic heterocycles. The number of halogens is 1. The van der Waals surface area contributed by atoms with Gasteiger partial charge in [0.1, 0.15) is 6.10 Å². The summed E-state index contributed by atoms with van der Waals surface area (Å²) >= 11 is 9.28. The normalized spacial score (nSPS) is 23.6. The highest BCUT2D eigenvalue weighted by atomic mass is 35.5. The van der Waals surface area contributed by atoms with E-state index in [4.69, 9.17) is 11.6 Å². The minimum Gasteiger partial charge on any atom is -0.386 e. The number of aliphatic hydroxyl groups is 1. The van der Waals surface area contributed by atoms with Gasteiger partial charge < -0.3 is 15.7 Å². The van der Waals surface area contributed by atoms with Crippen molar-refractivity contribution in [2.75, 3.05) is 19.3 Å². The maximum Gasteiger partial charge on any atom is 0.191 e. The number of hydrogen-bond donors (Lipinski definition) is 3. The smallest absolute Gasteiger partial charge is 0.191 e. The largest absolute Gasteiger partial charge is 0.386 e. The van der Waals surface area contributed by atoms with Gasteiger partial charge in [0.05, 0.1) is 10.9 Å². The SMILES string of the molecule is CCNC(=NCC(O)c1ccc(Cl)s1)NC1CCCC(SC)C1. The number of guanidine groups is 1. The zero-order chi connectivity index (χ0) is 16.7. The molecule has 1 aromatic rings. The molecule has 1 heterocycles. The summed E-state index contributed by atoms with van der Waals surface area (Å²) in [6.45, 7) is 3.20. The average Bonchev–Trinajstić information content (AvgIpc) is 2.99. The van der Waals surface area contributed by atoms with Gasteiger partial charge in [0.15, 0.2) is 5.96 Å². The van der Waals surface area contributed by atoms with E-state index in [0.717, 1.165) is 22.6 Å². The Kier molecular flexibility index (Phi) is 8.03. The summed E-state index contributed by atoms with van der Waals surface area (Å²) in [5, 5.41) is 17.8. The third kappa shape index (κ3) is 6.18. The predicted octanol–water partition coefficient (Wildman–Crippen LogP) is 3.66. The highest BCUT2D eigenvalue weighted by molar-refractivity contribution is 7.99. The van der Waals surface area contributed by atoms with Crippen LogP contribution in [0.4, 0.5) is 0 Å². The van der Waals surface area contributed by atoms with Crippen LogP contribution >= 0.6 is 34.7 Å². The van der Waals surface area contributed by atoms with Crippen molar-refractivity contribution in [2.24, 2.45) is 4.99 Å². The minimum atomic E-state index is -0.603. The summed E-state index contributed by atoms with van der Waals surface area (Å²) in [4.78, 5) is 5.40. The second-order valence-electron chi connectivity index (χ2n) is 5.74. The quantitative estimate of drug-likeness (QED) is 0.524. The minimum absolute atomic E-state index is 0.338. The van der Waals surface area contributed by atoms with Crippen molar-refractivity contribution >= 4 is 40.7 Å². The van der Waals surface area contributed by atoms with Crippen LogP contribution in [0.1, 0.15) is 43.6 Å². The number of hydrogen-bond acceptors (Lipinski definition) is 4. The molecule has 0 spiro atoms. The van der Waals surface area contributed by atoms with E-state index in [2.05, 4.69) is 28.8 Å². The van der Waals surface area contributed by atoms with Crippen LogP contribution in [0.5, 0.6) is 0 Å². The zero-order valence-corrected chi connectivity index (χ0v) is 16.1. The van der Waals surface area contributed by atoms with Gasteiger partial charge in [-0.25, -0.2) is 0 Å². The molecule has 0 aliphatic heterocycles. The van der Waals surface area contributed by atoms with E-state index >= 15 is 0 Å². The van der Waals surface area contributed by atoms with E-state index in [1.807, 2.05) is 23.9 Å². The highest BCUT2D eigenvalue weighted by Crippen LogP contribution is 2.28. The van der Waals surface area contributed by atoms with Crippen LogP contribution in [-0.4, -0.2) is 41.7 Å². The van der Waals surface area contributed by atoms with Crippen molar-refractivity contribution in [3.05, 3.63) is 21.3 Å². The van der Waals surface area contributed by atoms with E-state index in [0.29, 0.717) is 16.9 Å². The predicted molar refractivity (Wildman–Crippen MR) is 103 cm³/mol. The third-order valence-corrected chi connectivity index (χ3v) is 6.42. The van der Waals surface area contributed by atoms with Crippen LogP contribution < -0.4 is 10.6 Å². The van der Waals surface area contributed by atoms with Crippen LogP contribution in [0.25, 0.3) is 0 Å². The van der Waals surface area contributed by atoms with Gasteiger partial charge in [-0.3, -0.25) is 4.99 Å². The second kappa shape index (κ2) is 9.77. The summed E-state index contributed by atoms with van der Waals surface area (Å²) in [7, 11) is 0. The Morgan fingerprint density at radius 1 is 1.52 bits per heavy atom. The van der Waals surface area contributed by atoms with E-state index in [1.165, 1.54) is 37.0 Å². The maximum absolute atomic E-state index is 10.2. The molecular formula is C16H26ClN3OS2. The Labute approximate surface area is 152 Å². The topological polar surface area (TPSA) is 56.7 Å². The van der Waals surface area contributed by atoms with Crippen LogP contribution in [0, 0.1) is 0 Å². The van der Waals surface area contributed by atoms with Gasteiger partial charge in [-0.15, -0.1) is 11.3 Å². The summed E-state index contributed by atoms with van der Waals surface area (Å²) in [6, 6.07) is 4.13. The first-order valence-corrected chi connectivity index (χ1v) is 10.6. The number of thioether (sulfide) groups is 1. The molecule has 0 amide bonds. The molecule has 1 saturated carbocycles. The Balaban J connectivity index is 1.91. The Morgan fingerprint density at radius 3 is 3.00 bits per heavy atom. The monoisotopic (exact) mass is 375 g/mol. The Hall–Kier alpha value is -0.430. The lowest BCUT2D eigenvalue weighted by Crippen LogP contribution is -2.45. The van der Waals surface area contributed by atoms with Gasteiger partial charge in [-0.1, -0.05) is 18.0 Å². The van der Waals surface area contributed by atoms with Gasteiger partial charge in [0.25, 0.3) is 0 Å². The van der Waals surface area contributed by atoms with Crippen molar-refractivity contribution < 1.29 is 5.11 Å². The van der Waals surface area contributed by atoms with E-state index in [9.17, 15) is 5.11 Å². The number of nitrogens with one attached hydrogen (secondary N) is 2. The van der Waals surface area contributed by atoms with Gasteiger partial charge in [0, 0.05) is 22.7 Å². The first kappa shape index (κ1) is 18.9. The van der Waals surface area contributed by atoms with Crippen molar-refractivity contribution in [2.45, 2.75) is 50.0 Å². The van der Waals surface area contributed by atoms with Crippen LogP contribution in [0.2, 0.25) is 4.34 Å². The molecule has 7 heteroatoms. The van der Waals surface area contributed by atoms with Crippen molar-refractivity contribution in [3.63, 3.8) is 0 Å². The number of nitrogens with zero attached hydrogens (tertiary/aromatic N) is 1. The molecule has 3 unspecified atom stereocenters. The first-order valence-electron chi connectivity index (χ1n) is 8.13. The molecular weight excluding hydrogens is 350 g/mol. The average molecular weight is 376 g/mol. The molecule has 0 radical (unpaired) electrons. The summed E-state index contributed by atoms with van der Waals surface area (Å²) in [6.07, 6.45) is 6.52. The molecule has 0 bridgehead atoms. The Bertz CT molecular complexity index is 509. The summed E-state index contributed by atoms with van der Waals surface area (Å²) in [5.41, 5.74) is 0. The molecule has 1 aliphatic carbocycles. The molecule has 4 nitrogen and oxygen atoms in total. The summed E-state index contributed by atoms with van der Waals surface area (Å²) < 4.78 is 0.693. The molecule has 3 atom stereocenters. The fourth-order valence-corrected chi connectivity index (χ4v) is 4.64. The highest BCUT2D eigenvalue weighted by Gasteiger charge is 2.22. The number of aliphatic imine (C=N–C) groups is 1. The third-order valence-electron chi connectivity index (χ3n) is 3.99. The molecule has 23 heavy (non-hydrogen) atoms. The molecule has 130 valence electrons. The molecule has 2 rings (SSSR count). The van der Waals surface area contributed by atoms with E-state index in [-0.39, 0.29) is 0 Å². The fraction of sp³-hybridized carbons (Fsp3) is 0.688. The molecule has 0 saturated heterocycles. The van der Waals surface area contributed by atoms with Crippen LogP contribution in [0.3, 0.4) is 0 Å². The molecule has 1 aliphatic rings. The van der Waals surface area contributed by atoms with Gasteiger partial charge in [0.2, 0.25) is 0 Å². The molecule has 0 aromatic carbocycles. The lowest BCUT2D eigenvalue weighted by Gasteiger charge is -2.30. The van der Waals surface area contributed by atoms with E-state index < -0.39 is 6.10 Å². The van der Waals surface area contributed by atoms with Gasteiger partial charge in [-0.2, -0.15) is 11.8 Å². The molecule has 3 N–H and O–H groups in total. The Morgan fingerprint density at radius 2 is 2.35 bits per heavy atom. The van der Waals surface area contributed by atoms with Gasteiger partial charge >= 0.3 is 0 Å². The lowest BCUT2D eigenvalue weighted by molar-refractivity contribution is 0.191. The first-order chi connectivity index (χ1) is 11.1. The van der Waals surface area contributed by atoms with Crippen molar-refractivity contribution in [1.29, 1.82) is 0 Å². The van der Waals surface area contributed by atoms with Gasteiger partial charge in [-0.05, 0) is 44.6 Å². The second-order valence-corrected chi connectivity index (χ2v) is 8.63. The van der Waals surface area contributed by atoms with Crippen LogP contribution in [0.15, 0.2) is 17.1 Å². The number of thiophene rings is 1. The lowest BCUT2D eigenvalue weighted by atomic mass is 9.95. The van der Waals surface area contributed by atoms with Crippen molar-refractivity contribution in [3.8, 4) is 0 Å². The van der Waals surface area contributed by atoms with Crippen molar-refractivity contribution in [1.82, 2.24) is 10.6 Å². The summed E-state index contributed by atoms with van der Waals surface area (Å²) in [5.74, 6) is 0.793. The number of aliphatic hydroxyl groups excluding tert-OH is 1. The zero-order valence-electron chi connectivity index (χ0n) is 13.7. The maximum atomic E-state index is 10.2. The van der Waals surface area contributed by atoms with E-state index in [1.54, 1.807) is 0 Å². The standard InChI is InChI=1S/C16H26ClN3OS2/c1-3-18-16(20-11-5-4-6-12(9-11)22-2)19-10-13(21)14-7-8-15(17)23-14/h7-8,11-13,21H,3-6,9-10H2,1-2H3,(H2,18,19,20). The number of rotatable bonds is 6. The molecule has 1 fully saturated rings. The fourth-order valence-electron chi connectivity index (χ4n) is 2.78. The van der Waals surface area contributed by atoms with Crippen LogP contribution in [-0.2, 0) is 0 Å².